The molecule has 0 aliphatic carbocycles. The second kappa shape index (κ2) is 12.4. The van der Waals surface area contributed by atoms with Gasteiger partial charge in [-0.1, -0.05) is 142 Å². The van der Waals surface area contributed by atoms with Crippen LogP contribution in [0.3, 0.4) is 0 Å². The SMILES string of the molecule is CCC.c1ccc(P(NP(c2ccccc2)c2ccccc2)c2ccccc2)cc1. The molecule has 0 bridgehead atoms. The highest BCUT2D eigenvalue weighted by molar-refractivity contribution is 7.85. The van der Waals surface area contributed by atoms with E-state index in [4.69, 9.17) is 0 Å². The third-order valence-corrected chi connectivity index (χ3v) is 9.12. The quantitative estimate of drug-likeness (QED) is 0.366. The molecule has 1 N–H and O–H groups in total. The standard InChI is InChI=1S/C24H21NP2.C3H8/c1-5-13-21(14-6-1)26(22-15-7-2-8-16-22)25-27(23-17-9-3-10-18-23)24-19-11-4-12-20-24;1-3-2/h1-20,25H;3H2,1-2H3. The molecule has 1 nitrogen and oxygen atoms in total. The third-order valence-electron chi connectivity index (χ3n) is 4.26. The molecule has 0 aliphatic rings. The minimum Gasteiger partial charge on any atom is -0.259 e. The molecule has 4 aromatic carbocycles. The maximum atomic E-state index is 4.05. The summed E-state index contributed by atoms with van der Waals surface area (Å²) in [6.07, 6.45) is 1.25. The maximum Gasteiger partial charge on any atom is 0.0294 e. The van der Waals surface area contributed by atoms with Gasteiger partial charge in [0.1, 0.15) is 0 Å². The normalized spacial score (nSPS) is 10.5. The van der Waals surface area contributed by atoms with Gasteiger partial charge in [-0.05, 0) is 21.2 Å². The van der Waals surface area contributed by atoms with E-state index in [2.05, 4.69) is 140 Å². The van der Waals surface area contributed by atoms with Crippen molar-refractivity contribution in [2.24, 2.45) is 0 Å². The summed E-state index contributed by atoms with van der Waals surface area (Å²) in [6, 6.07) is 43.2. The first kappa shape index (κ1) is 22.4. The monoisotopic (exact) mass is 429 g/mol. The van der Waals surface area contributed by atoms with Gasteiger partial charge in [-0.15, -0.1) is 0 Å². The Morgan fingerprint density at radius 3 is 0.833 bits per heavy atom. The molecule has 0 radical (unpaired) electrons. The van der Waals surface area contributed by atoms with Crippen molar-refractivity contribution in [2.75, 3.05) is 0 Å². The smallest absolute Gasteiger partial charge is 0.0294 e. The van der Waals surface area contributed by atoms with Crippen molar-refractivity contribution in [1.29, 1.82) is 0 Å². The van der Waals surface area contributed by atoms with E-state index < -0.39 is 16.1 Å². The molecular weight excluding hydrogens is 400 g/mol. The van der Waals surface area contributed by atoms with E-state index in [0.717, 1.165) is 0 Å². The molecule has 4 aromatic rings. The Hall–Kier alpha value is -2.30. The average molecular weight is 429 g/mol. The fourth-order valence-electron chi connectivity index (χ4n) is 2.94. The van der Waals surface area contributed by atoms with Crippen LogP contribution >= 0.6 is 16.1 Å². The van der Waals surface area contributed by atoms with Gasteiger partial charge in [-0.2, -0.15) is 0 Å². The zero-order valence-corrected chi connectivity index (χ0v) is 19.4. The van der Waals surface area contributed by atoms with E-state index in [0.29, 0.717) is 0 Å². The molecule has 0 amide bonds. The van der Waals surface area contributed by atoms with Gasteiger partial charge in [0.25, 0.3) is 0 Å². The molecule has 0 unspecified atom stereocenters. The number of rotatable bonds is 6. The van der Waals surface area contributed by atoms with Gasteiger partial charge in [0.2, 0.25) is 0 Å². The van der Waals surface area contributed by atoms with Crippen LogP contribution in [0.1, 0.15) is 20.3 Å². The molecule has 4 rings (SSSR count). The van der Waals surface area contributed by atoms with Gasteiger partial charge in [-0.3, -0.25) is 4.86 Å². The predicted octanol–water partition coefficient (Wildman–Crippen LogP) is 6.09. The highest BCUT2D eigenvalue weighted by Crippen LogP contribution is 2.41. The Balaban J connectivity index is 0.000000806. The van der Waals surface area contributed by atoms with E-state index >= 15 is 0 Å². The van der Waals surface area contributed by atoms with Crippen LogP contribution in [0.5, 0.6) is 0 Å². The van der Waals surface area contributed by atoms with Crippen molar-refractivity contribution in [3.8, 4) is 0 Å². The summed E-state index contributed by atoms with van der Waals surface area (Å²) in [7, 11) is -1.32. The van der Waals surface area contributed by atoms with Gasteiger partial charge >= 0.3 is 0 Å². The summed E-state index contributed by atoms with van der Waals surface area (Å²) in [5.41, 5.74) is 0. The molecule has 0 saturated heterocycles. The lowest BCUT2D eigenvalue weighted by molar-refractivity contribution is 1.09. The molecule has 0 atom stereocenters. The highest BCUT2D eigenvalue weighted by atomic mass is 31.2. The number of hydrogen-bond acceptors (Lipinski definition) is 1. The first-order valence-electron chi connectivity index (χ1n) is 10.4. The first-order chi connectivity index (χ1) is 14.8. The summed E-state index contributed by atoms with van der Waals surface area (Å²) in [5.74, 6) is 0. The molecule has 3 heteroatoms. The van der Waals surface area contributed by atoms with Gasteiger partial charge in [0.05, 0.1) is 0 Å². The Morgan fingerprint density at radius 2 is 0.633 bits per heavy atom. The molecule has 0 fully saturated rings. The average Bonchev–Trinajstić information content (AvgIpc) is 2.83. The Labute approximate surface area is 183 Å². The van der Waals surface area contributed by atoms with E-state index in [1.807, 2.05) is 0 Å². The number of nitrogens with one attached hydrogen (secondary N) is 1. The highest BCUT2D eigenvalue weighted by Gasteiger charge is 2.21. The second-order valence-corrected chi connectivity index (χ2v) is 11.0. The Morgan fingerprint density at radius 1 is 0.433 bits per heavy atom. The van der Waals surface area contributed by atoms with Gasteiger partial charge in [-0.25, -0.2) is 0 Å². The van der Waals surface area contributed by atoms with Crippen molar-refractivity contribution < 1.29 is 0 Å². The zero-order chi connectivity index (χ0) is 21.0. The topological polar surface area (TPSA) is 12.0 Å². The molecule has 0 heterocycles. The molecule has 0 aliphatic heterocycles. The lowest BCUT2D eigenvalue weighted by atomic mass is 10.4. The summed E-state index contributed by atoms with van der Waals surface area (Å²) in [6.45, 7) is 4.25. The van der Waals surface area contributed by atoms with Crippen LogP contribution in [0.15, 0.2) is 121 Å². The van der Waals surface area contributed by atoms with Crippen LogP contribution in [-0.2, 0) is 0 Å². The predicted molar refractivity (Wildman–Crippen MR) is 137 cm³/mol. The minimum absolute atomic E-state index is 0.659. The number of benzene rings is 4. The van der Waals surface area contributed by atoms with Crippen LogP contribution in [0.2, 0.25) is 0 Å². The van der Waals surface area contributed by atoms with Crippen LogP contribution in [-0.4, -0.2) is 0 Å². The molecule has 0 aromatic heterocycles. The van der Waals surface area contributed by atoms with Gasteiger partial charge in [0.15, 0.2) is 0 Å². The molecule has 152 valence electrons. The summed E-state index contributed by atoms with van der Waals surface area (Å²) in [5, 5.41) is 5.38. The van der Waals surface area contributed by atoms with E-state index in [-0.39, 0.29) is 0 Å². The summed E-state index contributed by atoms with van der Waals surface area (Å²) < 4.78 is 0. The Bertz CT molecular complexity index is 801. The van der Waals surface area contributed by atoms with E-state index in [1.165, 1.54) is 27.6 Å². The van der Waals surface area contributed by atoms with E-state index in [9.17, 15) is 0 Å². The molecule has 0 spiro atoms. The molecular formula is C27H29NP2. The summed E-state index contributed by atoms with van der Waals surface area (Å²) >= 11 is 0. The second-order valence-electron chi connectivity index (χ2n) is 6.82. The number of hydrogen-bond donors (Lipinski definition) is 1. The third kappa shape index (κ3) is 6.35. The van der Waals surface area contributed by atoms with E-state index in [1.54, 1.807) is 0 Å². The summed E-state index contributed by atoms with van der Waals surface area (Å²) in [4.78, 5) is 4.05. The van der Waals surface area contributed by atoms with Crippen LogP contribution in [0, 0.1) is 0 Å². The lowest BCUT2D eigenvalue weighted by Gasteiger charge is -2.27. The molecule has 30 heavy (non-hydrogen) atoms. The minimum atomic E-state index is -0.659. The van der Waals surface area contributed by atoms with Crippen molar-refractivity contribution in [2.45, 2.75) is 20.3 Å². The largest absolute Gasteiger partial charge is 0.259 e. The fraction of sp³-hybridized carbons (Fsp3) is 0.111. The molecule has 0 saturated carbocycles. The van der Waals surface area contributed by atoms with Crippen LogP contribution < -0.4 is 26.1 Å². The van der Waals surface area contributed by atoms with Gasteiger partial charge < -0.3 is 0 Å². The van der Waals surface area contributed by atoms with Crippen molar-refractivity contribution in [3.63, 3.8) is 0 Å². The van der Waals surface area contributed by atoms with Crippen LogP contribution in [0.4, 0.5) is 0 Å². The lowest BCUT2D eigenvalue weighted by Crippen LogP contribution is -2.27. The van der Waals surface area contributed by atoms with Crippen molar-refractivity contribution >= 4 is 37.4 Å². The van der Waals surface area contributed by atoms with Gasteiger partial charge in [0, 0.05) is 16.1 Å². The zero-order valence-electron chi connectivity index (χ0n) is 17.6. The Kier molecular flexibility index (Phi) is 9.26. The first-order valence-corrected chi connectivity index (χ1v) is 13.1. The maximum absolute atomic E-state index is 4.05. The van der Waals surface area contributed by atoms with Crippen LogP contribution in [0.25, 0.3) is 0 Å². The fourth-order valence-corrected chi connectivity index (χ4v) is 8.06. The van der Waals surface area contributed by atoms with Crippen molar-refractivity contribution in [1.82, 2.24) is 4.86 Å². The van der Waals surface area contributed by atoms with Crippen molar-refractivity contribution in [3.05, 3.63) is 121 Å².